The van der Waals surface area contributed by atoms with Crippen LogP contribution in [-0.2, 0) is 22.1 Å². The topological polar surface area (TPSA) is 88.2 Å². The predicted octanol–water partition coefficient (Wildman–Crippen LogP) is 2.23. The Morgan fingerprint density at radius 1 is 1.36 bits per heavy atom. The number of aryl methyl sites for hydroxylation is 1. The molecule has 1 fully saturated rings. The Morgan fingerprint density at radius 2 is 2.14 bits per heavy atom. The first-order chi connectivity index (χ1) is 13.2. The average molecular weight is 394 g/mol. The number of esters is 1. The maximum Gasteiger partial charge on any atom is 0.416 e. The van der Waals surface area contributed by atoms with Gasteiger partial charge in [0.1, 0.15) is 5.82 Å². The lowest BCUT2D eigenvalue weighted by Crippen LogP contribution is -2.43. The number of cyclic esters (lactones) is 1. The summed E-state index contributed by atoms with van der Waals surface area (Å²) in [6.07, 6.45) is -5.06. The smallest absolute Gasteiger partial charge is 0.416 e. The number of carbonyl (C=O) groups excluding carboxylic acids is 2. The Bertz CT molecular complexity index is 940. The van der Waals surface area contributed by atoms with Crippen LogP contribution in [-0.4, -0.2) is 51.2 Å². The van der Waals surface area contributed by atoms with E-state index >= 15 is 0 Å². The van der Waals surface area contributed by atoms with Crippen LogP contribution in [0, 0.1) is 6.92 Å². The van der Waals surface area contributed by atoms with Crippen molar-refractivity contribution in [3.8, 4) is 0 Å². The van der Waals surface area contributed by atoms with E-state index in [1.165, 1.54) is 0 Å². The van der Waals surface area contributed by atoms with Crippen molar-refractivity contribution in [2.24, 2.45) is 0 Å². The molecule has 1 saturated heterocycles. The molecule has 0 aliphatic carbocycles. The molecule has 1 N–H and O–H groups in total. The SMILES string of the molecule is Cc1nc(C2CCN(C(=O)C3Cc4cc(C(F)(F)F)ccc4C(=O)O3)C2)n[nH]1. The summed E-state index contributed by atoms with van der Waals surface area (Å²) in [5.74, 6) is 0.0730. The van der Waals surface area contributed by atoms with E-state index in [0.717, 1.165) is 18.2 Å². The molecule has 10 heteroatoms. The number of aromatic nitrogens is 3. The number of H-pyrrole nitrogens is 1. The lowest BCUT2D eigenvalue weighted by Gasteiger charge is -2.28. The van der Waals surface area contributed by atoms with Gasteiger partial charge >= 0.3 is 12.1 Å². The third kappa shape index (κ3) is 3.34. The predicted molar refractivity (Wildman–Crippen MR) is 89.4 cm³/mol. The molecule has 2 unspecified atom stereocenters. The third-order valence-corrected chi connectivity index (χ3v) is 5.06. The first-order valence-corrected chi connectivity index (χ1v) is 8.81. The second-order valence-corrected chi connectivity index (χ2v) is 7.02. The zero-order valence-corrected chi connectivity index (χ0v) is 14.9. The summed E-state index contributed by atoms with van der Waals surface area (Å²) in [6.45, 7) is 2.60. The fourth-order valence-electron chi connectivity index (χ4n) is 3.63. The van der Waals surface area contributed by atoms with Crippen LogP contribution in [0.15, 0.2) is 18.2 Å². The number of hydrogen-bond donors (Lipinski definition) is 1. The fraction of sp³-hybridized carbons (Fsp3) is 0.444. The van der Waals surface area contributed by atoms with Gasteiger partial charge in [-0.2, -0.15) is 18.3 Å². The third-order valence-electron chi connectivity index (χ3n) is 5.06. The van der Waals surface area contributed by atoms with Gasteiger partial charge in [-0.25, -0.2) is 9.78 Å². The Kier molecular flexibility index (Phi) is 4.35. The lowest BCUT2D eigenvalue weighted by molar-refractivity contribution is -0.140. The van der Waals surface area contributed by atoms with Crippen molar-refractivity contribution in [3.05, 3.63) is 46.5 Å². The minimum absolute atomic E-state index is 0.0303. The van der Waals surface area contributed by atoms with Crippen LogP contribution in [0.2, 0.25) is 0 Å². The maximum absolute atomic E-state index is 13.0. The van der Waals surface area contributed by atoms with E-state index in [-0.39, 0.29) is 23.5 Å². The molecule has 0 radical (unpaired) electrons. The molecule has 1 aromatic heterocycles. The Balaban J connectivity index is 1.50. The first-order valence-electron chi connectivity index (χ1n) is 8.81. The normalized spacial score (nSPS) is 22.1. The van der Waals surface area contributed by atoms with E-state index in [0.29, 0.717) is 31.2 Å². The molecule has 28 heavy (non-hydrogen) atoms. The van der Waals surface area contributed by atoms with Gasteiger partial charge in [-0.1, -0.05) is 0 Å². The average Bonchev–Trinajstić information content (AvgIpc) is 3.28. The maximum atomic E-state index is 13.0. The van der Waals surface area contributed by atoms with Crippen LogP contribution >= 0.6 is 0 Å². The Labute approximate surface area is 157 Å². The van der Waals surface area contributed by atoms with E-state index in [4.69, 9.17) is 4.74 Å². The van der Waals surface area contributed by atoms with Crippen LogP contribution in [0.4, 0.5) is 13.2 Å². The number of carbonyl (C=O) groups is 2. The standard InChI is InChI=1S/C18H17F3N4O3/c1-9-22-15(24-23-9)10-4-5-25(8-10)16(26)14-7-11-6-12(18(19,20)21)2-3-13(11)17(27)28-14/h2-3,6,10,14H,4-5,7-8H2,1H3,(H,22,23,24). The number of benzene rings is 1. The summed E-state index contributed by atoms with van der Waals surface area (Å²) in [4.78, 5) is 30.8. The lowest BCUT2D eigenvalue weighted by atomic mass is 9.95. The highest BCUT2D eigenvalue weighted by molar-refractivity contribution is 5.96. The minimum Gasteiger partial charge on any atom is -0.448 e. The summed E-state index contributed by atoms with van der Waals surface area (Å²) < 4.78 is 44.1. The van der Waals surface area contributed by atoms with Crippen molar-refractivity contribution < 1.29 is 27.5 Å². The van der Waals surface area contributed by atoms with E-state index in [1.54, 1.807) is 11.8 Å². The molecule has 148 valence electrons. The van der Waals surface area contributed by atoms with Crippen molar-refractivity contribution >= 4 is 11.9 Å². The Hall–Kier alpha value is -2.91. The number of alkyl halides is 3. The van der Waals surface area contributed by atoms with Crippen molar-refractivity contribution in [3.63, 3.8) is 0 Å². The van der Waals surface area contributed by atoms with Crippen molar-refractivity contribution in [2.75, 3.05) is 13.1 Å². The van der Waals surface area contributed by atoms with Gasteiger partial charge in [0.05, 0.1) is 11.1 Å². The highest BCUT2D eigenvalue weighted by Gasteiger charge is 2.39. The Morgan fingerprint density at radius 3 is 2.82 bits per heavy atom. The molecular weight excluding hydrogens is 377 g/mol. The van der Waals surface area contributed by atoms with E-state index in [1.807, 2.05) is 0 Å². The molecule has 2 aromatic rings. The van der Waals surface area contributed by atoms with Crippen LogP contribution in [0.1, 0.15) is 45.5 Å². The number of nitrogens with zero attached hydrogens (tertiary/aromatic N) is 3. The number of rotatable bonds is 2. The first kappa shape index (κ1) is 18.5. The van der Waals surface area contributed by atoms with E-state index < -0.39 is 29.7 Å². The molecule has 0 saturated carbocycles. The number of likely N-dealkylation sites (tertiary alicyclic amines) is 1. The summed E-state index contributed by atoms with van der Waals surface area (Å²) >= 11 is 0. The number of amides is 1. The van der Waals surface area contributed by atoms with Crippen LogP contribution in [0.3, 0.4) is 0 Å². The molecule has 1 aromatic carbocycles. The summed E-state index contributed by atoms with van der Waals surface area (Å²) in [5.41, 5.74) is -0.620. The van der Waals surface area contributed by atoms with Gasteiger partial charge in [0, 0.05) is 25.4 Å². The van der Waals surface area contributed by atoms with Gasteiger partial charge in [0.2, 0.25) is 0 Å². The number of aromatic amines is 1. The van der Waals surface area contributed by atoms with Crippen LogP contribution in [0.5, 0.6) is 0 Å². The molecule has 2 aliphatic rings. The van der Waals surface area contributed by atoms with Crippen molar-refractivity contribution in [1.82, 2.24) is 20.1 Å². The molecule has 7 nitrogen and oxygen atoms in total. The van der Waals surface area contributed by atoms with Gasteiger partial charge in [0.15, 0.2) is 11.9 Å². The molecule has 3 heterocycles. The summed E-state index contributed by atoms with van der Waals surface area (Å²) in [7, 11) is 0. The van der Waals surface area contributed by atoms with Crippen molar-refractivity contribution in [2.45, 2.75) is 38.0 Å². The summed E-state index contributed by atoms with van der Waals surface area (Å²) in [6, 6.07) is 2.85. The van der Waals surface area contributed by atoms with E-state index in [2.05, 4.69) is 15.2 Å². The molecule has 4 rings (SSSR count). The van der Waals surface area contributed by atoms with Crippen molar-refractivity contribution in [1.29, 1.82) is 0 Å². The second kappa shape index (κ2) is 6.61. The zero-order valence-electron chi connectivity index (χ0n) is 14.9. The number of halogens is 3. The molecular formula is C18H17F3N4O3. The number of ether oxygens (including phenoxy) is 1. The highest BCUT2D eigenvalue weighted by Crippen LogP contribution is 2.33. The van der Waals surface area contributed by atoms with Gasteiger partial charge < -0.3 is 9.64 Å². The number of nitrogens with one attached hydrogen (secondary N) is 1. The summed E-state index contributed by atoms with van der Waals surface area (Å²) in [5, 5.41) is 6.87. The number of fused-ring (bicyclic) bond motifs is 1. The van der Waals surface area contributed by atoms with Gasteiger partial charge in [0.25, 0.3) is 5.91 Å². The highest BCUT2D eigenvalue weighted by atomic mass is 19.4. The molecule has 1 amide bonds. The monoisotopic (exact) mass is 394 g/mol. The van der Waals surface area contributed by atoms with Gasteiger partial charge in [-0.15, -0.1) is 0 Å². The van der Waals surface area contributed by atoms with Crippen LogP contribution < -0.4 is 0 Å². The molecule has 0 bridgehead atoms. The molecule has 2 atom stereocenters. The van der Waals surface area contributed by atoms with Crippen LogP contribution in [0.25, 0.3) is 0 Å². The number of hydrogen-bond acceptors (Lipinski definition) is 5. The molecule has 0 spiro atoms. The fourth-order valence-corrected chi connectivity index (χ4v) is 3.63. The quantitative estimate of drug-likeness (QED) is 0.790. The van der Waals surface area contributed by atoms with E-state index in [9.17, 15) is 22.8 Å². The second-order valence-electron chi connectivity index (χ2n) is 7.02. The zero-order chi connectivity index (χ0) is 20.1. The molecule has 2 aliphatic heterocycles. The van der Waals surface area contributed by atoms with Gasteiger partial charge in [-0.3, -0.25) is 9.89 Å². The van der Waals surface area contributed by atoms with Gasteiger partial charge in [-0.05, 0) is 37.1 Å². The minimum atomic E-state index is -4.52. The largest absolute Gasteiger partial charge is 0.448 e.